The van der Waals surface area contributed by atoms with Crippen molar-refractivity contribution in [2.75, 3.05) is 11.7 Å². The van der Waals surface area contributed by atoms with Gasteiger partial charge in [-0.3, -0.25) is 9.78 Å². The first-order valence-corrected chi connectivity index (χ1v) is 11.3. The van der Waals surface area contributed by atoms with Crippen LogP contribution in [0.3, 0.4) is 0 Å². The van der Waals surface area contributed by atoms with Crippen LogP contribution in [-0.2, 0) is 6.54 Å². The molecule has 0 saturated heterocycles. The monoisotopic (exact) mass is 461 g/mol. The molecule has 8 heteroatoms. The number of para-hydroxylation sites is 1. The van der Waals surface area contributed by atoms with Crippen molar-refractivity contribution in [3.8, 4) is 22.8 Å². The Morgan fingerprint density at radius 2 is 1.74 bits per heavy atom. The van der Waals surface area contributed by atoms with Crippen LogP contribution in [0.2, 0.25) is 0 Å². The van der Waals surface area contributed by atoms with E-state index in [0.717, 1.165) is 28.0 Å². The van der Waals surface area contributed by atoms with Gasteiger partial charge in [0.2, 0.25) is 12.7 Å². The predicted octanol–water partition coefficient (Wildman–Crippen LogP) is 4.22. The molecule has 35 heavy (non-hydrogen) atoms. The lowest BCUT2D eigenvalue weighted by Gasteiger charge is -2.25. The number of nitrogens with one attached hydrogen (secondary N) is 1. The lowest BCUT2D eigenvalue weighted by atomic mass is 10.0. The zero-order valence-electron chi connectivity index (χ0n) is 18.5. The minimum Gasteiger partial charge on any atom is -0.454 e. The fourth-order valence-corrected chi connectivity index (χ4v) is 4.85. The molecule has 0 unspecified atom stereocenters. The standard InChI is InChI=1S/C27H19N5O3/c33-26-18-5-1-2-7-21(18)31-24-19(26)14-32(25(24)16-8-9-22-23(11-16)35-15-34-22)27-29-12-17(13-30-27)20-6-3-4-10-28-20/h1-13,25H,14-15H2,(H,31,33)/t25-/m1/s1. The number of hydrogen-bond acceptors (Lipinski definition) is 7. The van der Waals surface area contributed by atoms with Crippen molar-refractivity contribution in [3.05, 3.63) is 106 Å². The fourth-order valence-electron chi connectivity index (χ4n) is 4.85. The second-order valence-corrected chi connectivity index (χ2v) is 8.52. The van der Waals surface area contributed by atoms with Gasteiger partial charge in [-0.1, -0.05) is 24.3 Å². The number of pyridine rings is 2. The summed E-state index contributed by atoms with van der Waals surface area (Å²) in [4.78, 5) is 32.7. The first kappa shape index (κ1) is 19.7. The van der Waals surface area contributed by atoms with E-state index in [1.807, 2.05) is 65.6 Å². The summed E-state index contributed by atoms with van der Waals surface area (Å²) in [6.45, 7) is 0.584. The van der Waals surface area contributed by atoms with E-state index in [-0.39, 0.29) is 18.3 Å². The van der Waals surface area contributed by atoms with E-state index in [4.69, 9.17) is 9.47 Å². The van der Waals surface area contributed by atoms with Crippen LogP contribution < -0.4 is 19.8 Å². The average Bonchev–Trinajstić information content (AvgIpc) is 3.54. The van der Waals surface area contributed by atoms with Crippen molar-refractivity contribution < 1.29 is 9.47 Å². The number of aromatic amines is 1. The largest absolute Gasteiger partial charge is 0.454 e. The zero-order chi connectivity index (χ0) is 23.4. The number of ether oxygens (including phenoxy) is 2. The van der Waals surface area contributed by atoms with Gasteiger partial charge in [-0.25, -0.2) is 9.97 Å². The highest BCUT2D eigenvalue weighted by Crippen LogP contribution is 2.42. The Kier molecular flexibility index (Phi) is 4.32. The SMILES string of the molecule is O=c1c2c([nH]c3ccccc13)[C@@H](c1ccc3c(c1)OCO3)N(c1ncc(-c3ccccn3)cn1)C2. The van der Waals surface area contributed by atoms with E-state index in [9.17, 15) is 4.79 Å². The van der Waals surface area contributed by atoms with Gasteiger partial charge < -0.3 is 19.4 Å². The smallest absolute Gasteiger partial charge is 0.231 e. The number of aromatic nitrogens is 4. The summed E-state index contributed by atoms with van der Waals surface area (Å²) in [5.74, 6) is 1.92. The highest BCUT2D eigenvalue weighted by Gasteiger charge is 2.37. The van der Waals surface area contributed by atoms with Crippen LogP contribution >= 0.6 is 0 Å². The summed E-state index contributed by atoms with van der Waals surface area (Å²) < 4.78 is 11.1. The Bertz CT molecular complexity index is 1630. The Hall–Kier alpha value is -4.72. The molecule has 0 fully saturated rings. The van der Waals surface area contributed by atoms with Crippen LogP contribution in [0.1, 0.15) is 22.9 Å². The van der Waals surface area contributed by atoms with E-state index in [1.54, 1.807) is 18.6 Å². The van der Waals surface area contributed by atoms with Crippen LogP contribution in [0.25, 0.3) is 22.2 Å². The number of nitrogens with zero attached hydrogens (tertiary/aromatic N) is 4. The molecule has 7 rings (SSSR count). The highest BCUT2D eigenvalue weighted by atomic mass is 16.7. The number of anilines is 1. The summed E-state index contributed by atoms with van der Waals surface area (Å²) in [7, 11) is 0. The number of hydrogen-bond donors (Lipinski definition) is 1. The molecule has 2 aliphatic heterocycles. The van der Waals surface area contributed by atoms with Crippen molar-refractivity contribution in [1.29, 1.82) is 0 Å². The predicted molar refractivity (Wildman–Crippen MR) is 130 cm³/mol. The third-order valence-corrected chi connectivity index (χ3v) is 6.52. The van der Waals surface area contributed by atoms with Crippen LogP contribution in [0.15, 0.2) is 84.0 Å². The lowest BCUT2D eigenvalue weighted by Crippen LogP contribution is -2.25. The Balaban J connectivity index is 1.37. The summed E-state index contributed by atoms with van der Waals surface area (Å²) >= 11 is 0. The maximum absolute atomic E-state index is 13.5. The molecule has 0 amide bonds. The zero-order valence-corrected chi connectivity index (χ0v) is 18.5. The van der Waals surface area contributed by atoms with Gasteiger partial charge in [-0.15, -0.1) is 0 Å². The van der Waals surface area contributed by atoms with Crippen LogP contribution in [-0.4, -0.2) is 26.7 Å². The van der Waals surface area contributed by atoms with Crippen LogP contribution in [0, 0.1) is 0 Å². The molecule has 8 nitrogen and oxygen atoms in total. The quantitative estimate of drug-likeness (QED) is 0.430. The molecule has 0 spiro atoms. The van der Waals surface area contributed by atoms with Gasteiger partial charge in [0.1, 0.15) is 0 Å². The van der Waals surface area contributed by atoms with Gasteiger partial charge in [-0.05, 0) is 42.0 Å². The topological polar surface area (TPSA) is 93.2 Å². The van der Waals surface area contributed by atoms with Crippen LogP contribution in [0.4, 0.5) is 5.95 Å². The molecular formula is C27H19N5O3. The third-order valence-electron chi connectivity index (χ3n) is 6.52. The third kappa shape index (κ3) is 3.14. The van der Waals surface area contributed by atoms with Gasteiger partial charge in [0, 0.05) is 40.6 Å². The number of rotatable bonds is 3. The van der Waals surface area contributed by atoms with Gasteiger partial charge >= 0.3 is 0 Å². The first-order chi connectivity index (χ1) is 17.3. The fraction of sp³-hybridized carbons (Fsp3) is 0.111. The van der Waals surface area contributed by atoms with Crippen molar-refractivity contribution in [1.82, 2.24) is 19.9 Å². The van der Waals surface area contributed by atoms with E-state index in [0.29, 0.717) is 34.9 Å². The molecule has 5 aromatic rings. The number of fused-ring (bicyclic) bond motifs is 3. The summed E-state index contributed by atoms with van der Waals surface area (Å²) in [5, 5.41) is 0.670. The van der Waals surface area contributed by atoms with Gasteiger partial charge in [0.05, 0.1) is 24.0 Å². The molecule has 170 valence electrons. The minimum atomic E-state index is -0.294. The Morgan fingerprint density at radius 3 is 2.60 bits per heavy atom. The Morgan fingerprint density at radius 1 is 0.914 bits per heavy atom. The molecule has 2 aromatic carbocycles. The molecule has 1 N–H and O–H groups in total. The molecule has 0 radical (unpaired) electrons. The van der Waals surface area contributed by atoms with Crippen molar-refractivity contribution in [2.24, 2.45) is 0 Å². The van der Waals surface area contributed by atoms with Crippen molar-refractivity contribution in [2.45, 2.75) is 12.6 Å². The van der Waals surface area contributed by atoms with Crippen molar-refractivity contribution >= 4 is 16.9 Å². The Labute approximate surface area is 199 Å². The van der Waals surface area contributed by atoms with Gasteiger partial charge in [0.25, 0.3) is 0 Å². The van der Waals surface area contributed by atoms with Gasteiger partial charge in [0.15, 0.2) is 16.9 Å². The maximum Gasteiger partial charge on any atom is 0.231 e. The van der Waals surface area contributed by atoms with E-state index < -0.39 is 0 Å². The summed E-state index contributed by atoms with van der Waals surface area (Å²) in [5.41, 5.74) is 4.96. The summed E-state index contributed by atoms with van der Waals surface area (Å²) in [6, 6.07) is 18.9. The molecule has 2 aliphatic rings. The minimum absolute atomic E-state index is 0.0210. The number of benzene rings is 2. The van der Waals surface area contributed by atoms with Crippen LogP contribution in [0.5, 0.6) is 11.5 Å². The molecule has 0 aliphatic carbocycles. The second kappa shape index (κ2) is 7.66. The number of H-pyrrole nitrogens is 1. The molecule has 5 heterocycles. The lowest BCUT2D eigenvalue weighted by molar-refractivity contribution is 0.174. The average molecular weight is 461 g/mol. The van der Waals surface area contributed by atoms with E-state index in [2.05, 4.69) is 19.9 Å². The normalized spacial score (nSPS) is 16.0. The highest BCUT2D eigenvalue weighted by molar-refractivity contribution is 5.80. The molecule has 0 bridgehead atoms. The van der Waals surface area contributed by atoms with E-state index in [1.165, 1.54) is 0 Å². The molecule has 0 saturated carbocycles. The summed E-state index contributed by atoms with van der Waals surface area (Å²) in [6.07, 6.45) is 5.28. The maximum atomic E-state index is 13.5. The van der Waals surface area contributed by atoms with Crippen molar-refractivity contribution in [3.63, 3.8) is 0 Å². The molecule has 1 atom stereocenters. The first-order valence-electron chi connectivity index (χ1n) is 11.3. The molecular weight excluding hydrogens is 442 g/mol. The van der Waals surface area contributed by atoms with Gasteiger partial charge in [-0.2, -0.15) is 0 Å². The van der Waals surface area contributed by atoms with E-state index >= 15 is 0 Å². The second-order valence-electron chi connectivity index (χ2n) is 8.52. The molecule has 3 aromatic heterocycles.